The molecule has 0 unspecified atom stereocenters. The molecule has 0 saturated heterocycles. The van der Waals surface area contributed by atoms with Gasteiger partial charge in [0.2, 0.25) is 0 Å². The Balaban J connectivity index is 1.98. The highest BCUT2D eigenvalue weighted by Gasteiger charge is 2.12. The van der Waals surface area contributed by atoms with Gasteiger partial charge in [0.15, 0.2) is 6.61 Å². The van der Waals surface area contributed by atoms with Gasteiger partial charge in [0.05, 0.1) is 19.3 Å². The quantitative estimate of drug-likeness (QED) is 0.819. The van der Waals surface area contributed by atoms with Crippen LogP contribution in [0.25, 0.3) is 0 Å². The molecule has 1 heterocycles. The first-order valence-corrected chi connectivity index (χ1v) is 8.82. The van der Waals surface area contributed by atoms with E-state index in [9.17, 15) is 4.79 Å². The third-order valence-electron chi connectivity index (χ3n) is 4.35. The molecule has 0 aliphatic carbocycles. The van der Waals surface area contributed by atoms with E-state index in [-0.39, 0.29) is 12.5 Å². The van der Waals surface area contributed by atoms with E-state index in [2.05, 4.69) is 36.3 Å². The van der Waals surface area contributed by atoms with E-state index in [1.807, 2.05) is 26.8 Å². The van der Waals surface area contributed by atoms with Crippen LogP contribution in [0, 0.1) is 20.8 Å². The number of nitrogens with zero attached hydrogens (tertiary/aromatic N) is 1. The minimum Gasteiger partial charge on any atom is -0.496 e. The van der Waals surface area contributed by atoms with Crippen molar-refractivity contribution in [3.05, 3.63) is 52.3 Å². The zero-order valence-electron chi connectivity index (χ0n) is 16.5. The molecule has 1 aromatic heterocycles. The Morgan fingerprint density at radius 1 is 1.23 bits per heavy atom. The lowest BCUT2D eigenvalue weighted by molar-refractivity contribution is -0.123. The maximum Gasteiger partial charge on any atom is 0.258 e. The Morgan fingerprint density at radius 3 is 2.62 bits per heavy atom. The zero-order valence-corrected chi connectivity index (χ0v) is 16.5. The fraction of sp³-hybridized carbons (Fsp3) is 0.429. The topological polar surface area (TPSA) is 60.5 Å². The zero-order chi connectivity index (χ0) is 19.3. The van der Waals surface area contributed by atoms with E-state index < -0.39 is 0 Å². The summed E-state index contributed by atoms with van der Waals surface area (Å²) in [7, 11) is 1.64. The van der Waals surface area contributed by atoms with Crippen LogP contribution in [0.3, 0.4) is 0 Å². The Bertz CT molecular complexity index is 785. The van der Waals surface area contributed by atoms with Crippen molar-refractivity contribution in [3.8, 4) is 11.5 Å². The lowest BCUT2D eigenvalue weighted by atomic mass is 10.0. The van der Waals surface area contributed by atoms with Crippen molar-refractivity contribution in [2.24, 2.45) is 0 Å². The highest BCUT2D eigenvalue weighted by atomic mass is 16.5. The van der Waals surface area contributed by atoms with Crippen molar-refractivity contribution in [3.63, 3.8) is 0 Å². The first-order valence-electron chi connectivity index (χ1n) is 8.82. The Hall–Kier alpha value is -2.56. The Kier molecular flexibility index (Phi) is 6.61. The van der Waals surface area contributed by atoms with Gasteiger partial charge in [-0.15, -0.1) is 0 Å². The number of hydrogen-bond donors (Lipinski definition) is 1. The number of ether oxygens (including phenoxy) is 2. The van der Waals surface area contributed by atoms with Gasteiger partial charge in [-0.1, -0.05) is 26.0 Å². The van der Waals surface area contributed by atoms with Crippen molar-refractivity contribution in [2.45, 2.75) is 47.1 Å². The number of rotatable bonds is 7. The molecule has 0 radical (unpaired) electrons. The number of amides is 1. The number of carbonyl (C=O) groups is 1. The largest absolute Gasteiger partial charge is 0.496 e. The summed E-state index contributed by atoms with van der Waals surface area (Å²) in [5.41, 5.74) is 4.92. The van der Waals surface area contributed by atoms with E-state index in [1.54, 1.807) is 13.3 Å². The molecule has 0 bridgehead atoms. The molecule has 140 valence electrons. The van der Waals surface area contributed by atoms with Crippen molar-refractivity contribution in [2.75, 3.05) is 13.7 Å². The molecule has 1 N–H and O–H groups in total. The van der Waals surface area contributed by atoms with E-state index in [0.29, 0.717) is 12.5 Å². The molecular weight excluding hydrogens is 328 g/mol. The van der Waals surface area contributed by atoms with E-state index >= 15 is 0 Å². The molecule has 5 heteroatoms. The molecule has 0 spiro atoms. The second kappa shape index (κ2) is 8.70. The van der Waals surface area contributed by atoms with Gasteiger partial charge in [-0.05, 0) is 43.9 Å². The average molecular weight is 356 g/mol. The Morgan fingerprint density at radius 2 is 1.96 bits per heavy atom. The molecule has 1 aromatic carbocycles. The highest BCUT2D eigenvalue weighted by Crippen LogP contribution is 2.27. The third kappa shape index (κ3) is 4.75. The van der Waals surface area contributed by atoms with Crippen LogP contribution >= 0.6 is 0 Å². The van der Waals surface area contributed by atoms with Crippen LogP contribution in [-0.2, 0) is 11.3 Å². The van der Waals surface area contributed by atoms with Gasteiger partial charge in [-0.2, -0.15) is 0 Å². The lowest BCUT2D eigenvalue weighted by Crippen LogP contribution is -2.29. The number of hydrogen-bond acceptors (Lipinski definition) is 4. The lowest BCUT2D eigenvalue weighted by Gasteiger charge is -2.15. The van der Waals surface area contributed by atoms with Gasteiger partial charge >= 0.3 is 0 Å². The van der Waals surface area contributed by atoms with Gasteiger partial charge < -0.3 is 14.8 Å². The summed E-state index contributed by atoms with van der Waals surface area (Å²) in [5, 5.41) is 2.86. The molecule has 0 aliphatic heterocycles. The number of aromatic nitrogens is 1. The maximum absolute atomic E-state index is 12.2. The number of aryl methyl sites for hydroxylation is 2. The van der Waals surface area contributed by atoms with Gasteiger partial charge in [0, 0.05) is 17.3 Å². The van der Waals surface area contributed by atoms with E-state index in [0.717, 1.165) is 39.4 Å². The van der Waals surface area contributed by atoms with Crippen molar-refractivity contribution < 1.29 is 14.3 Å². The maximum atomic E-state index is 12.2. The number of benzene rings is 1. The summed E-state index contributed by atoms with van der Waals surface area (Å²) in [6.45, 7) is 10.4. The second-order valence-corrected chi connectivity index (χ2v) is 6.81. The number of pyridine rings is 1. The molecule has 0 saturated carbocycles. The van der Waals surface area contributed by atoms with Gasteiger partial charge in [0.1, 0.15) is 11.5 Å². The average Bonchev–Trinajstić information content (AvgIpc) is 2.59. The number of nitrogens with one attached hydrogen (secondary N) is 1. The van der Waals surface area contributed by atoms with Crippen LogP contribution in [0.2, 0.25) is 0 Å². The standard InChI is InChI=1S/C21H28N2O3/c1-13(2)17-8-7-14(3)9-19(17)26-12-20(24)23-11-18-16(5)21(25-6)15(4)10-22-18/h7-10,13H,11-12H2,1-6H3,(H,23,24). The summed E-state index contributed by atoms with van der Waals surface area (Å²) in [5.74, 6) is 1.73. The van der Waals surface area contributed by atoms with Gasteiger partial charge in [-0.3, -0.25) is 9.78 Å². The fourth-order valence-corrected chi connectivity index (χ4v) is 2.87. The normalized spacial score (nSPS) is 10.7. The molecule has 5 nitrogen and oxygen atoms in total. The van der Waals surface area contributed by atoms with Crippen LogP contribution in [-0.4, -0.2) is 24.6 Å². The molecule has 0 aliphatic rings. The fourth-order valence-electron chi connectivity index (χ4n) is 2.87. The predicted molar refractivity (Wildman–Crippen MR) is 103 cm³/mol. The molecule has 2 rings (SSSR count). The van der Waals surface area contributed by atoms with Crippen molar-refractivity contribution in [1.82, 2.24) is 10.3 Å². The van der Waals surface area contributed by atoms with Crippen molar-refractivity contribution >= 4 is 5.91 Å². The van der Waals surface area contributed by atoms with Crippen LogP contribution in [0.4, 0.5) is 0 Å². The monoisotopic (exact) mass is 356 g/mol. The smallest absolute Gasteiger partial charge is 0.258 e. The summed E-state index contributed by atoms with van der Waals surface area (Å²) in [6, 6.07) is 6.08. The highest BCUT2D eigenvalue weighted by molar-refractivity contribution is 5.77. The van der Waals surface area contributed by atoms with E-state index in [1.165, 1.54) is 0 Å². The molecule has 1 amide bonds. The van der Waals surface area contributed by atoms with Crippen LogP contribution in [0.15, 0.2) is 24.4 Å². The van der Waals surface area contributed by atoms with Gasteiger partial charge in [-0.25, -0.2) is 0 Å². The third-order valence-corrected chi connectivity index (χ3v) is 4.35. The van der Waals surface area contributed by atoms with Crippen molar-refractivity contribution in [1.29, 1.82) is 0 Å². The molecule has 2 aromatic rings. The van der Waals surface area contributed by atoms with Gasteiger partial charge in [0.25, 0.3) is 5.91 Å². The Labute approximate surface area is 155 Å². The number of carbonyl (C=O) groups excluding carboxylic acids is 1. The first-order chi connectivity index (χ1) is 12.3. The molecule has 26 heavy (non-hydrogen) atoms. The molecule has 0 atom stereocenters. The first kappa shape index (κ1) is 19.8. The second-order valence-electron chi connectivity index (χ2n) is 6.81. The summed E-state index contributed by atoms with van der Waals surface area (Å²) >= 11 is 0. The predicted octanol–water partition coefficient (Wildman–Crippen LogP) is 3.83. The number of methoxy groups -OCH3 is 1. The summed E-state index contributed by atoms with van der Waals surface area (Å²) < 4.78 is 11.2. The summed E-state index contributed by atoms with van der Waals surface area (Å²) in [4.78, 5) is 16.6. The minimum atomic E-state index is -0.179. The SMILES string of the molecule is COc1c(C)cnc(CNC(=O)COc2cc(C)ccc2C(C)C)c1C. The van der Waals surface area contributed by atoms with Crippen LogP contribution in [0.5, 0.6) is 11.5 Å². The van der Waals surface area contributed by atoms with Crippen LogP contribution < -0.4 is 14.8 Å². The molecular formula is C21H28N2O3. The van der Waals surface area contributed by atoms with Crippen LogP contribution in [0.1, 0.15) is 47.7 Å². The van der Waals surface area contributed by atoms with E-state index in [4.69, 9.17) is 9.47 Å². The molecule has 0 fully saturated rings. The minimum absolute atomic E-state index is 0.0226. The summed E-state index contributed by atoms with van der Waals surface area (Å²) in [6.07, 6.45) is 1.76.